The van der Waals surface area contributed by atoms with Gasteiger partial charge in [0.05, 0.1) is 0 Å². The van der Waals surface area contributed by atoms with Crippen molar-refractivity contribution in [1.29, 1.82) is 0 Å². The Morgan fingerprint density at radius 1 is 1.26 bits per heavy atom. The van der Waals surface area contributed by atoms with E-state index in [-0.39, 0.29) is 0 Å². The Kier molecular flexibility index (Phi) is 4.37. The van der Waals surface area contributed by atoms with Crippen LogP contribution >= 0.6 is 0 Å². The number of nitrogens with one attached hydrogen (secondary N) is 1. The Labute approximate surface area is 114 Å². The molecule has 0 aliphatic carbocycles. The van der Waals surface area contributed by atoms with Gasteiger partial charge in [-0.05, 0) is 20.8 Å². The van der Waals surface area contributed by atoms with Crippen molar-refractivity contribution in [2.75, 3.05) is 32.2 Å². The maximum absolute atomic E-state index is 5.76. The van der Waals surface area contributed by atoms with Crippen molar-refractivity contribution in [3.05, 3.63) is 17.1 Å². The van der Waals surface area contributed by atoms with E-state index in [0.717, 1.165) is 42.3 Å². The summed E-state index contributed by atoms with van der Waals surface area (Å²) in [5.41, 5.74) is 1.70. The van der Waals surface area contributed by atoms with E-state index in [1.165, 1.54) is 0 Å². The van der Waals surface area contributed by atoms with Gasteiger partial charge in [-0.25, -0.2) is 9.97 Å². The summed E-state index contributed by atoms with van der Waals surface area (Å²) in [6.45, 7) is 8.36. The highest BCUT2D eigenvalue weighted by Crippen LogP contribution is 2.34. The first-order chi connectivity index (χ1) is 9.13. The lowest BCUT2D eigenvalue weighted by Gasteiger charge is -2.34. The van der Waals surface area contributed by atoms with Crippen LogP contribution in [-0.4, -0.2) is 36.8 Å². The van der Waals surface area contributed by atoms with Crippen LogP contribution in [0.4, 0.5) is 5.82 Å². The number of nitrogens with zero attached hydrogens (tertiary/aromatic N) is 2. The van der Waals surface area contributed by atoms with Gasteiger partial charge in [0.15, 0.2) is 5.82 Å². The molecule has 1 aliphatic rings. The number of aromatic nitrogens is 2. The Morgan fingerprint density at radius 3 is 2.53 bits per heavy atom. The average molecular weight is 265 g/mol. The van der Waals surface area contributed by atoms with Crippen molar-refractivity contribution in [3.8, 4) is 0 Å². The molecule has 0 radical (unpaired) electrons. The first-order valence-corrected chi connectivity index (χ1v) is 6.85. The minimum atomic E-state index is -0.402. The Morgan fingerprint density at radius 2 is 1.95 bits per heavy atom. The van der Waals surface area contributed by atoms with E-state index in [4.69, 9.17) is 9.47 Å². The molecule has 0 aromatic carbocycles. The van der Waals surface area contributed by atoms with E-state index >= 15 is 0 Å². The normalized spacial score (nSPS) is 18.3. The zero-order chi connectivity index (χ0) is 13.9. The molecule has 0 saturated carbocycles. The van der Waals surface area contributed by atoms with Crippen LogP contribution < -0.4 is 5.32 Å². The molecule has 0 unspecified atom stereocenters. The summed E-state index contributed by atoms with van der Waals surface area (Å²) >= 11 is 0. The molecule has 0 amide bonds. The zero-order valence-corrected chi connectivity index (χ0v) is 12.2. The summed E-state index contributed by atoms with van der Waals surface area (Å²) in [5, 5.41) is 3.30. The van der Waals surface area contributed by atoms with Crippen molar-refractivity contribution in [1.82, 2.24) is 9.97 Å². The molecule has 2 rings (SSSR count). The third-order valence-corrected chi connectivity index (χ3v) is 3.83. The predicted molar refractivity (Wildman–Crippen MR) is 74.4 cm³/mol. The van der Waals surface area contributed by atoms with Gasteiger partial charge in [0.25, 0.3) is 0 Å². The molecule has 1 N–H and O–H groups in total. The van der Waals surface area contributed by atoms with Crippen LogP contribution in [0.1, 0.15) is 36.8 Å². The summed E-state index contributed by atoms with van der Waals surface area (Å²) in [4.78, 5) is 9.34. The molecule has 1 fully saturated rings. The smallest absolute Gasteiger partial charge is 0.163 e. The number of rotatable bonds is 4. The van der Waals surface area contributed by atoms with Gasteiger partial charge >= 0.3 is 0 Å². The van der Waals surface area contributed by atoms with Crippen molar-refractivity contribution in [3.63, 3.8) is 0 Å². The summed E-state index contributed by atoms with van der Waals surface area (Å²) in [5.74, 6) is 1.69. The monoisotopic (exact) mass is 265 g/mol. The first-order valence-electron chi connectivity index (χ1n) is 6.85. The standard InChI is InChI=1S/C14H23N3O2/c1-5-15-12-10(2)11(3)16-13(17-12)14(18-4)6-8-19-9-7-14/h5-9H2,1-4H3,(H,15,16,17). The lowest BCUT2D eigenvalue weighted by atomic mass is 9.92. The Hall–Kier alpha value is -1.20. The van der Waals surface area contributed by atoms with Gasteiger partial charge in [0, 0.05) is 51.0 Å². The lowest BCUT2D eigenvalue weighted by Crippen LogP contribution is -2.37. The van der Waals surface area contributed by atoms with Crippen LogP contribution in [0.5, 0.6) is 0 Å². The molecular formula is C14H23N3O2. The molecule has 0 spiro atoms. The molecule has 1 saturated heterocycles. The van der Waals surface area contributed by atoms with E-state index in [0.29, 0.717) is 13.2 Å². The second-order valence-electron chi connectivity index (χ2n) is 4.95. The highest BCUT2D eigenvalue weighted by Gasteiger charge is 2.38. The predicted octanol–water partition coefficient (Wildman–Crippen LogP) is 2.18. The molecule has 0 bridgehead atoms. The molecule has 0 atom stereocenters. The summed E-state index contributed by atoms with van der Waals surface area (Å²) in [7, 11) is 1.73. The van der Waals surface area contributed by atoms with Crippen LogP contribution in [0, 0.1) is 13.8 Å². The molecule has 1 aromatic heterocycles. The zero-order valence-electron chi connectivity index (χ0n) is 12.2. The van der Waals surface area contributed by atoms with E-state index < -0.39 is 5.60 Å². The van der Waals surface area contributed by atoms with Crippen molar-refractivity contribution in [2.45, 2.75) is 39.2 Å². The maximum atomic E-state index is 5.76. The van der Waals surface area contributed by atoms with Gasteiger partial charge in [0.1, 0.15) is 11.4 Å². The molecule has 106 valence electrons. The molecule has 1 aliphatic heterocycles. The Bertz CT molecular complexity index is 443. The van der Waals surface area contributed by atoms with Crippen molar-refractivity contribution < 1.29 is 9.47 Å². The minimum Gasteiger partial charge on any atom is -0.381 e. The fourth-order valence-corrected chi connectivity index (χ4v) is 2.39. The topological polar surface area (TPSA) is 56.3 Å². The molecule has 19 heavy (non-hydrogen) atoms. The molecule has 1 aromatic rings. The number of ether oxygens (including phenoxy) is 2. The van der Waals surface area contributed by atoms with E-state index in [2.05, 4.69) is 22.2 Å². The Balaban J connectivity index is 2.42. The number of aryl methyl sites for hydroxylation is 1. The lowest BCUT2D eigenvalue weighted by molar-refractivity contribution is -0.1000. The van der Waals surface area contributed by atoms with Gasteiger partial charge in [-0.2, -0.15) is 0 Å². The molecule has 5 heteroatoms. The molecule has 5 nitrogen and oxygen atoms in total. The van der Waals surface area contributed by atoms with Crippen LogP contribution in [0.2, 0.25) is 0 Å². The third-order valence-electron chi connectivity index (χ3n) is 3.83. The largest absolute Gasteiger partial charge is 0.381 e. The van der Waals surface area contributed by atoms with Gasteiger partial charge in [0.2, 0.25) is 0 Å². The molecular weight excluding hydrogens is 242 g/mol. The number of anilines is 1. The van der Waals surface area contributed by atoms with E-state index in [1.807, 2.05) is 13.8 Å². The highest BCUT2D eigenvalue weighted by molar-refractivity contribution is 5.45. The van der Waals surface area contributed by atoms with Crippen molar-refractivity contribution in [2.24, 2.45) is 0 Å². The summed E-state index contributed by atoms with van der Waals surface area (Å²) in [6.07, 6.45) is 1.61. The number of hydrogen-bond donors (Lipinski definition) is 1. The van der Waals surface area contributed by atoms with Crippen LogP contribution in [-0.2, 0) is 15.1 Å². The minimum absolute atomic E-state index is 0.402. The van der Waals surface area contributed by atoms with Crippen LogP contribution in [0.15, 0.2) is 0 Å². The quantitative estimate of drug-likeness (QED) is 0.904. The third kappa shape index (κ3) is 2.72. The van der Waals surface area contributed by atoms with E-state index in [1.54, 1.807) is 7.11 Å². The average Bonchev–Trinajstić information content (AvgIpc) is 2.44. The van der Waals surface area contributed by atoms with Gasteiger partial charge in [-0.1, -0.05) is 0 Å². The van der Waals surface area contributed by atoms with Crippen LogP contribution in [0.25, 0.3) is 0 Å². The fraction of sp³-hybridized carbons (Fsp3) is 0.714. The second kappa shape index (κ2) is 5.84. The SMILES string of the molecule is CCNc1nc(C2(OC)CCOCC2)nc(C)c1C. The van der Waals surface area contributed by atoms with Gasteiger partial charge in [-0.15, -0.1) is 0 Å². The number of methoxy groups -OCH3 is 1. The van der Waals surface area contributed by atoms with Gasteiger partial charge in [-0.3, -0.25) is 0 Å². The second-order valence-corrected chi connectivity index (χ2v) is 4.95. The highest BCUT2D eigenvalue weighted by atomic mass is 16.5. The summed E-state index contributed by atoms with van der Waals surface area (Å²) < 4.78 is 11.2. The van der Waals surface area contributed by atoms with E-state index in [9.17, 15) is 0 Å². The van der Waals surface area contributed by atoms with Crippen LogP contribution in [0.3, 0.4) is 0 Å². The maximum Gasteiger partial charge on any atom is 0.163 e. The van der Waals surface area contributed by atoms with Crippen molar-refractivity contribution >= 4 is 5.82 Å². The first kappa shape index (κ1) is 14.2. The number of hydrogen-bond acceptors (Lipinski definition) is 5. The van der Waals surface area contributed by atoms with Gasteiger partial charge < -0.3 is 14.8 Å². The molecule has 2 heterocycles. The fourth-order valence-electron chi connectivity index (χ4n) is 2.39. The summed E-state index contributed by atoms with van der Waals surface area (Å²) in [6, 6.07) is 0.